The molecule has 1 aromatic heterocycles. The summed E-state index contributed by atoms with van der Waals surface area (Å²) in [6.45, 7) is 16.5. The normalized spacial score (nSPS) is 18.0. The third-order valence-electron chi connectivity index (χ3n) is 4.99. The maximum atomic E-state index is 12.9. The van der Waals surface area contributed by atoms with E-state index in [1.54, 1.807) is 0 Å². The lowest BCUT2D eigenvalue weighted by atomic mass is 9.89. The second-order valence-electron chi connectivity index (χ2n) is 7.84. The summed E-state index contributed by atoms with van der Waals surface area (Å²) in [6.07, 6.45) is -0.355. The number of piperazine rings is 1. The smallest absolute Gasteiger partial charge is 0.257 e. The summed E-state index contributed by atoms with van der Waals surface area (Å²) in [6, 6.07) is 0. The fourth-order valence-electron chi connectivity index (χ4n) is 3.12. The highest BCUT2D eigenvalue weighted by Crippen LogP contribution is 2.21. The van der Waals surface area contributed by atoms with E-state index in [1.807, 2.05) is 51.1 Å². The van der Waals surface area contributed by atoms with Gasteiger partial charge in [0.2, 0.25) is 0 Å². The van der Waals surface area contributed by atoms with E-state index in [-0.39, 0.29) is 17.4 Å². The minimum Gasteiger partial charge on any atom is -0.391 e. The average Bonchev–Trinajstić information content (AvgIpc) is 2.80. The molecule has 1 saturated heterocycles. The van der Waals surface area contributed by atoms with Crippen molar-refractivity contribution in [1.29, 1.82) is 0 Å². The second-order valence-corrected chi connectivity index (χ2v) is 7.84. The minimum absolute atomic E-state index is 0.0840. The Morgan fingerprint density at radius 1 is 1.21 bits per heavy atom. The van der Waals surface area contributed by atoms with Crippen molar-refractivity contribution >= 4 is 5.91 Å². The van der Waals surface area contributed by atoms with Crippen LogP contribution >= 0.6 is 0 Å². The molecule has 2 heterocycles. The van der Waals surface area contributed by atoms with Gasteiger partial charge < -0.3 is 10.0 Å². The molecular formula is C18H32N4O2. The summed E-state index contributed by atoms with van der Waals surface area (Å²) >= 11 is 0. The molecule has 6 nitrogen and oxygen atoms in total. The Bertz CT molecular complexity index is 581. The molecule has 1 aliphatic heterocycles. The number of rotatable bonds is 4. The van der Waals surface area contributed by atoms with E-state index < -0.39 is 0 Å². The van der Waals surface area contributed by atoms with Gasteiger partial charge in [0.05, 0.1) is 17.4 Å². The average molecular weight is 336 g/mol. The third-order valence-corrected chi connectivity index (χ3v) is 4.99. The molecule has 1 unspecified atom stereocenters. The number of carbonyl (C=O) groups excluding carboxylic acids is 1. The Morgan fingerprint density at radius 2 is 1.79 bits per heavy atom. The van der Waals surface area contributed by atoms with Gasteiger partial charge in [-0.2, -0.15) is 5.10 Å². The van der Waals surface area contributed by atoms with Crippen LogP contribution in [0.15, 0.2) is 0 Å². The highest BCUT2D eigenvalue weighted by Gasteiger charge is 2.29. The number of carbonyl (C=O) groups is 1. The van der Waals surface area contributed by atoms with Crippen molar-refractivity contribution in [1.82, 2.24) is 19.6 Å². The van der Waals surface area contributed by atoms with Crippen LogP contribution in [0.3, 0.4) is 0 Å². The van der Waals surface area contributed by atoms with Gasteiger partial charge in [-0.15, -0.1) is 0 Å². The Kier molecular flexibility index (Phi) is 5.71. The van der Waals surface area contributed by atoms with Crippen LogP contribution in [-0.2, 0) is 6.54 Å². The summed E-state index contributed by atoms with van der Waals surface area (Å²) in [5.74, 6) is 0.0840. The van der Waals surface area contributed by atoms with Crippen LogP contribution in [0.1, 0.15) is 49.4 Å². The molecule has 1 fully saturated rings. The van der Waals surface area contributed by atoms with Gasteiger partial charge in [-0.1, -0.05) is 20.8 Å². The number of nitrogens with zero attached hydrogens (tertiary/aromatic N) is 4. The lowest BCUT2D eigenvalue weighted by Gasteiger charge is -2.38. The van der Waals surface area contributed by atoms with E-state index in [2.05, 4.69) is 10.00 Å². The lowest BCUT2D eigenvalue weighted by molar-refractivity contribution is 0.0136. The summed E-state index contributed by atoms with van der Waals surface area (Å²) in [5, 5.41) is 14.7. The van der Waals surface area contributed by atoms with Gasteiger partial charge in [0.1, 0.15) is 0 Å². The van der Waals surface area contributed by atoms with Gasteiger partial charge in [-0.05, 0) is 26.2 Å². The molecule has 136 valence electrons. The van der Waals surface area contributed by atoms with Gasteiger partial charge in [0.15, 0.2) is 0 Å². The molecule has 1 amide bonds. The largest absolute Gasteiger partial charge is 0.391 e. The molecule has 24 heavy (non-hydrogen) atoms. The molecule has 1 atom stereocenters. The number of aliphatic hydroxyl groups is 1. The van der Waals surface area contributed by atoms with E-state index in [1.165, 1.54) is 0 Å². The first-order valence-corrected chi connectivity index (χ1v) is 8.88. The maximum Gasteiger partial charge on any atom is 0.257 e. The monoisotopic (exact) mass is 336 g/mol. The molecule has 0 spiro atoms. The topological polar surface area (TPSA) is 61.6 Å². The van der Waals surface area contributed by atoms with Gasteiger partial charge in [0.25, 0.3) is 5.91 Å². The highest BCUT2D eigenvalue weighted by atomic mass is 16.3. The van der Waals surface area contributed by atoms with Crippen LogP contribution < -0.4 is 0 Å². The van der Waals surface area contributed by atoms with Crippen LogP contribution in [0, 0.1) is 19.3 Å². The molecule has 2 rings (SSSR count). The standard InChI is InChI=1S/C18H32N4O2/c1-7-22-14(3)16(13(2)19-22)17(24)21-10-8-20(9-11-21)12-15(23)18(4,5)6/h15,23H,7-12H2,1-6H3. The van der Waals surface area contributed by atoms with Crippen molar-refractivity contribution in [2.45, 2.75) is 54.2 Å². The Hall–Kier alpha value is -1.40. The summed E-state index contributed by atoms with van der Waals surface area (Å²) in [4.78, 5) is 17.0. The number of amides is 1. The molecule has 1 aliphatic rings. The minimum atomic E-state index is -0.355. The summed E-state index contributed by atoms with van der Waals surface area (Å²) < 4.78 is 1.89. The number of aryl methyl sites for hydroxylation is 2. The fourth-order valence-corrected chi connectivity index (χ4v) is 3.12. The molecule has 6 heteroatoms. The Labute approximate surface area is 145 Å². The third kappa shape index (κ3) is 3.98. The first kappa shape index (κ1) is 18.9. The lowest BCUT2D eigenvalue weighted by Crippen LogP contribution is -2.51. The predicted molar refractivity (Wildman–Crippen MR) is 95.2 cm³/mol. The van der Waals surface area contributed by atoms with Crippen molar-refractivity contribution < 1.29 is 9.90 Å². The van der Waals surface area contributed by atoms with E-state index in [4.69, 9.17) is 0 Å². The summed E-state index contributed by atoms with van der Waals surface area (Å²) in [7, 11) is 0. The van der Waals surface area contributed by atoms with Crippen molar-refractivity contribution in [2.75, 3.05) is 32.7 Å². The Balaban J connectivity index is 1.97. The molecule has 0 bridgehead atoms. The van der Waals surface area contributed by atoms with Gasteiger partial charge in [-0.25, -0.2) is 0 Å². The van der Waals surface area contributed by atoms with Crippen LogP contribution in [0.5, 0.6) is 0 Å². The van der Waals surface area contributed by atoms with Crippen molar-refractivity contribution in [3.05, 3.63) is 17.0 Å². The molecular weight excluding hydrogens is 304 g/mol. The van der Waals surface area contributed by atoms with Crippen LogP contribution in [0.4, 0.5) is 0 Å². The molecule has 0 saturated carbocycles. The SMILES string of the molecule is CCn1nc(C)c(C(=O)N2CCN(CC(O)C(C)(C)C)CC2)c1C. The number of aromatic nitrogens is 2. The van der Waals surface area contributed by atoms with E-state index >= 15 is 0 Å². The van der Waals surface area contributed by atoms with Gasteiger partial charge in [0, 0.05) is 45.0 Å². The quantitative estimate of drug-likeness (QED) is 0.909. The van der Waals surface area contributed by atoms with Crippen LogP contribution in [0.2, 0.25) is 0 Å². The van der Waals surface area contributed by atoms with Gasteiger partial charge >= 0.3 is 0 Å². The first-order chi connectivity index (χ1) is 11.1. The van der Waals surface area contributed by atoms with Crippen LogP contribution in [0.25, 0.3) is 0 Å². The van der Waals surface area contributed by atoms with Crippen molar-refractivity contribution in [3.8, 4) is 0 Å². The molecule has 0 radical (unpaired) electrons. The van der Waals surface area contributed by atoms with E-state index in [0.717, 1.165) is 36.6 Å². The number of β-amino-alcohol motifs (C(OH)–C–C–N with tert-alkyl or cyclic N) is 1. The Morgan fingerprint density at radius 3 is 2.25 bits per heavy atom. The predicted octanol–water partition coefficient (Wildman–Crippen LogP) is 1.68. The van der Waals surface area contributed by atoms with Gasteiger partial charge in [-0.3, -0.25) is 14.4 Å². The van der Waals surface area contributed by atoms with Crippen LogP contribution in [-0.4, -0.2) is 69.4 Å². The zero-order chi connectivity index (χ0) is 18.1. The summed E-state index contributed by atoms with van der Waals surface area (Å²) in [5.41, 5.74) is 2.39. The number of hydrogen-bond acceptors (Lipinski definition) is 4. The first-order valence-electron chi connectivity index (χ1n) is 8.88. The molecule has 0 aliphatic carbocycles. The van der Waals surface area contributed by atoms with Crippen molar-refractivity contribution in [3.63, 3.8) is 0 Å². The second kappa shape index (κ2) is 7.23. The van der Waals surface area contributed by atoms with E-state index in [9.17, 15) is 9.90 Å². The number of hydrogen-bond donors (Lipinski definition) is 1. The van der Waals surface area contributed by atoms with Crippen molar-refractivity contribution in [2.24, 2.45) is 5.41 Å². The molecule has 1 aromatic rings. The molecule has 0 aromatic carbocycles. The maximum absolute atomic E-state index is 12.9. The number of aliphatic hydroxyl groups excluding tert-OH is 1. The zero-order valence-electron chi connectivity index (χ0n) is 16.0. The molecule has 1 N–H and O–H groups in total. The fraction of sp³-hybridized carbons (Fsp3) is 0.778. The highest BCUT2D eigenvalue weighted by molar-refractivity contribution is 5.96. The zero-order valence-corrected chi connectivity index (χ0v) is 16.0. The van der Waals surface area contributed by atoms with E-state index in [0.29, 0.717) is 19.6 Å².